The Bertz CT molecular complexity index is 1120. The van der Waals surface area contributed by atoms with E-state index >= 15 is 0 Å². The summed E-state index contributed by atoms with van der Waals surface area (Å²) in [5, 5.41) is 12.1. The van der Waals surface area contributed by atoms with Crippen LogP contribution in [0.4, 0.5) is 5.69 Å². The lowest BCUT2D eigenvalue weighted by Crippen LogP contribution is -2.16. The lowest BCUT2D eigenvalue weighted by Gasteiger charge is -2.08. The van der Waals surface area contributed by atoms with Gasteiger partial charge in [0.1, 0.15) is 10.7 Å². The van der Waals surface area contributed by atoms with E-state index in [1.54, 1.807) is 6.92 Å². The zero-order valence-corrected chi connectivity index (χ0v) is 19.4. The van der Waals surface area contributed by atoms with E-state index in [-0.39, 0.29) is 18.3 Å². The predicted octanol–water partition coefficient (Wildman–Crippen LogP) is 4.98. The van der Waals surface area contributed by atoms with Gasteiger partial charge in [0.2, 0.25) is 5.91 Å². The molecular weight excluding hydrogens is 444 g/mol. The fourth-order valence-electron chi connectivity index (χ4n) is 3.24. The van der Waals surface area contributed by atoms with Crippen LogP contribution in [0.15, 0.2) is 54.2 Å². The van der Waals surface area contributed by atoms with Gasteiger partial charge in [0.15, 0.2) is 5.16 Å². The highest BCUT2D eigenvalue weighted by molar-refractivity contribution is 7.99. The highest BCUT2D eigenvalue weighted by Gasteiger charge is 2.30. The second-order valence-electron chi connectivity index (χ2n) is 7.29. The lowest BCUT2D eigenvalue weighted by molar-refractivity contribution is -0.113. The number of thioether (sulfide) groups is 1. The number of carbonyl (C=O) groups excluding carboxylic acids is 2. The molecule has 1 fully saturated rings. The van der Waals surface area contributed by atoms with Gasteiger partial charge < -0.3 is 14.6 Å². The smallest absolute Gasteiger partial charge is 0.350 e. The van der Waals surface area contributed by atoms with Gasteiger partial charge in [0.25, 0.3) is 0 Å². The van der Waals surface area contributed by atoms with Gasteiger partial charge in [-0.2, -0.15) is 0 Å². The average Bonchev–Trinajstić information content (AvgIpc) is 3.43. The third-order valence-electron chi connectivity index (χ3n) is 4.86. The van der Waals surface area contributed by atoms with Crippen LogP contribution in [0.2, 0.25) is 0 Å². The van der Waals surface area contributed by atoms with Gasteiger partial charge in [-0.25, -0.2) is 4.79 Å². The number of aromatic nitrogens is 3. The van der Waals surface area contributed by atoms with Gasteiger partial charge in [-0.3, -0.25) is 4.79 Å². The van der Waals surface area contributed by atoms with Crippen molar-refractivity contribution in [1.29, 1.82) is 0 Å². The molecule has 0 aliphatic heterocycles. The number of carbonyl (C=O) groups is 2. The van der Waals surface area contributed by atoms with E-state index < -0.39 is 5.97 Å². The van der Waals surface area contributed by atoms with Gasteiger partial charge >= 0.3 is 5.97 Å². The van der Waals surface area contributed by atoms with E-state index in [9.17, 15) is 9.59 Å². The number of nitrogens with zero attached hydrogens (tertiary/aromatic N) is 3. The zero-order chi connectivity index (χ0) is 22.5. The molecule has 0 spiro atoms. The minimum absolute atomic E-state index is 0.152. The number of nitrogens with one attached hydrogen (secondary N) is 1. The Labute approximate surface area is 194 Å². The van der Waals surface area contributed by atoms with Crippen LogP contribution in [0.25, 0.3) is 10.4 Å². The molecule has 1 aliphatic rings. The fraction of sp³-hybridized carbons (Fsp3) is 0.304. The summed E-state index contributed by atoms with van der Waals surface area (Å²) in [6.07, 6.45) is 4.05. The first-order valence-electron chi connectivity index (χ1n) is 10.4. The van der Waals surface area contributed by atoms with E-state index in [1.165, 1.54) is 23.1 Å². The Balaban J connectivity index is 1.48. The largest absolute Gasteiger partial charge is 0.462 e. The maximum atomic E-state index is 12.7. The normalized spacial score (nSPS) is 13.0. The maximum absolute atomic E-state index is 12.7. The molecule has 1 aromatic carbocycles. The Hall–Kier alpha value is -2.91. The molecule has 1 aliphatic carbocycles. The monoisotopic (exact) mass is 468 g/mol. The van der Waals surface area contributed by atoms with Crippen LogP contribution < -0.4 is 5.32 Å². The molecule has 7 nitrogen and oxygen atoms in total. The Morgan fingerprint density at radius 2 is 2.09 bits per heavy atom. The minimum atomic E-state index is -0.442. The van der Waals surface area contributed by atoms with Crippen molar-refractivity contribution in [2.24, 2.45) is 0 Å². The molecule has 0 saturated heterocycles. The molecule has 0 bridgehead atoms. The van der Waals surface area contributed by atoms with Crippen molar-refractivity contribution >= 4 is 40.7 Å². The molecule has 1 N–H and O–H groups in total. The van der Waals surface area contributed by atoms with Crippen molar-refractivity contribution < 1.29 is 14.3 Å². The third kappa shape index (κ3) is 5.11. The molecule has 2 aromatic heterocycles. The van der Waals surface area contributed by atoms with Crippen molar-refractivity contribution in [2.75, 3.05) is 17.7 Å². The summed E-state index contributed by atoms with van der Waals surface area (Å²) in [5.74, 6) is 0.905. The summed E-state index contributed by atoms with van der Waals surface area (Å²) >= 11 is 2.63. The van der Waals surface area contributed by atoms with E-state index in [2.05, 4.69) is 22.1 Å². The number of thiophene rings is 1. The summed E-state index contributed by atoms with van der Waals surface area (Å²) in [6, 6.07) is 11.5. The first-order valence-corrected chi connectivity index (χ1v) is 12.2. The summed E-state index contributed by atoms with van der Waals surface area (Å²) in [7, 11) is 0. The molecule has 0 atom stereocenters. The number of esters is 1. The SMILES string of the molecule is C=CCn1c(SCC(=O)Nc2cc(-c3ccccc3)sc2C(=O)OCC)nnc1C1CC1. The number of allylic oxidation sites excluding steroid dienone is 1. The molecule has 4 rings (SSSR count). The summed E-state index contributed by atoms with van der Waals surface area (Å²) < 4.78 is 7.20. The molecule has 32 heavy (non-hydrogen) atoms. The van der Waals surface area contributed by atoms with Crippen LogP contribution in [0.1, 0.15) is 41.2 Å². The van der Waals surface area contributed by atoms with Crippen LogP contribution in [-0.4, -0.2) is 39.0 Å². The molecule has 1 amide bonds. The topological polar surface area (TPSA) is 86.1 Å². The quantitative estimate of drug-likeness (QED) is 0.257. The predicted molar refractivity (Wildman–Crippen MR) is 127 cm³/mol. The maximum Gasteiger partial charge on any atom is 0.350 e. The number of ether oxygens (including phenoxy) is 1. The Morgan fingerprint density at radius 3 is 2.78 bits per heavy atom. The molecule has 0 radical (unpaired) electrons. The molecular formula is C23H24N4O3S2. The second kappa shape index (κ2) is 10.1. The van der Waals surface area contributed by atoms with Gasteiger partial charge in [0.05, 0.1) is 18.0 Å². The first-order chi connectivity index (χ1) is 15.6. The number of amides is 1. The van der Waals surface area contributed by atoms with E-state index in [4.69, 9.17) is 4.74 Å². The van der Waals surface area contributed by atoms with Gasteiger partial charge in [-0.05, 0) is 31.4 Å². The number of hydrogen-bond acceptors (Lipinski definition) is 7. The molecule has 9 heteroatoms. The fourth-order valence-corrected chi connectivity index (χ4v) is 5.01. The van der Waals surface area contributed by atoms with Crippen molar-refractivity contribution in [3.05, 3.63) is 59.8 Å². The molecule has 1 saturated carbocycles. The second-order valence-corrected chi connectivity index (χ2v) is 9.29. The van der Waals surface area contributed by atoms with Gasteiger partial charge in [-0.1, -0.05) is 48.2 Å². The highest BCUT2D eigenvalue weighted by atomic mass is 32.2. The average molecular weight is 469 g/mol. The van der Waals surface area contributed by atoms with Gasteiger partial charge in [0, 0.05) is 17.3 Å². The summed E-state index contributed by atoms with van der Waals surface area (Å²) in [4.78, 5) is 26.5. The highest BCUT2D eigenvalue weighted by Crippen LogP contribution is 2.40. The molecule has 0 unspecified atom stereocenters. The van der Waals surface area contributed by atoms with E-state index in [1.807, 2.05) is 47.0 Å². The molecule has 2 heterocycles. The summed E-state index contributed by atoms with van der Waals surface area (Å²) in [6.45, 7) is 6.45. The van der Waals surface area contributed by atoms with Crippen LogP contribution in [0, 0.1) is 0 Å². The van der Waals surface area contributed by atoms with Crippen molar-refractivity contribution in [2.45, 2.75) is 37.4 Å². The summed E-state index contributed by atoms with van der Waals surface area (Å²) in [5.41, 5.74) is 1.44. The number of anilines is 1. The molecule has 3 aromatic rings. The number of benzene rings is 1. The minimum Gasteiger partial charge on any atom is -0.462 e. The van der Waals surface area contributed by atoms with Crippen LogP contribution in [0.5, 0.6) is 0 Å². The van der Waals surface area contributed by atoms with Crippen molar-refractivity contribution in [1.82, 2.24) is 14.8 Å². The Kier molecular flexibility index (Phi) is 7.06. The number of hydrogen-bond donors (Lipinski definition) is 1. The van der Waals surface area contributed by atoms with Crippen LogP contribution >= 0.6 is 23.1 Å². The Morgan fingerprint density at radius 1 is 1.31 bits per heavy atom. The standard InChI is InChI=1S/C23H24N4O3S2/c1-3-12-27-21(16-10-11-16)25-26-23(27)31-14-19(28)24-17-13-18(15-8-6-5-7-9-15)32-20(17)22(29)30-4-2/h3,5-9,13,16H,1,4,10-12,14H2,2H3,(H,24,28). The van der Waals surface area contributed by atoms with Crippen LogP contribution in [0.3, 0.4) is 0 Å². The van der Waals surface area contributed by atoms with E-state index in [0.29, 0.717) is 28.2 Å². The number of rotatable bonds is 10. The van der Waals surface area contributed by atoms with Gasteiger partial charge in [-0.15, -0.1) is 28.1 Å². The first kappa shape index (κ1) is 22.3. The third-order valence-corrected chi connectivity index (χ3v) is 6.99. The molecule has 166 valence electrons. The zero-order valence-electron chi connectivity index (χ0n) is 17.7. The van der Waals surface area contributed by atoms with Crippen molar-refractivity contribution in [3.63, 3.8) is 0 Å². The van der Waals surface area contributed by atoms with Crippen LogP contribution in [-0.2, 0) is 16.1 Å². The van der Waals surface area contributed by atoms with Crippen molar-refractivity contribution in [3.8, 4) is 10.4 Å². The van der Waals surface area contributed by atoms with E-state index in [0.717, 1.165) is 29.1 Å². The lowest BCUT2D eigenvalue weighted by atomic mass is 10.2.